The predicted molar refractivity (Wildman–Crippen MR) is 116 cm³/mol. The number of nitrogens with zero attached hydrogens (tertiary/aromatic N) is 7. The van der Waals surface area contributed by atoms with Gasteiger partial charge in [-0.15, -0.1) is 5.10 Å². The number of pyridine rings is 2. The van der Waals surface area contributed by atoms with Crippen molar-refractivity contribution in [2.75, 3.05) is 30.4 Å². The zero-order valence-electron chi connectivity index (χ0n) is 17.6. The van der Waals surface area contributed by atoms with Crippen molar-refractivity contribution >= 4 is 23.2 Å². The molecule has 1 atom stereocenters. The first-order valence-corrected chi connectivity index (χ1v) is 10.1. The van der Waals surface area contributed by atoms with Crippen molar-refractivity contribution in [2.24, 2.45) is 7.05 Å². The summed E-state index contributed by atoms with van der Waals surface area (Å²) in [6, 6.07) is 6.93. The molecule has 32 heavy (non-hydrogen) atoms. The first kappa shape index (κ1) is 19.9. The molecule has 4 aromatic rings. The van der Waals surface area contributed by atoms with Crippen LogP contribution >= 0.6 is 0 Å². The van der Waals surface area contributed by atoms with Crippen LogP contribution in [0.25, 0.3) is 16.9 Å². The molecule has 1 N–H and O–H groups in total. The smallest absolute Gasteiger partial charge is 0.274 e. The maximum absolute atomic E-state index is 13.5. The minimum atomic E-state index is -0.858. The van der Waals surface area contributed by atoms with Gasteiger partial charge in [0.1, 0.15) is 17.6 Å². The minimum Gasteiger partial charge on any atom is -0.497 e. The van der Waals surface area contributed by atoms with E-state index in [1.165, 1.54) is 4.68 Å². The molecule has 0 aliphatic carbocycles. The number of anilines is 2. The predicted octanol–water partition coefficient (Wildman–Crippen LogP) is 2.33. The highest BCUT2D eigenvalue weighted by Gasteiger charge is 2.25. The van der Waals surface area contributed by atoms with Crippen LogP contribution in [0, 0.1) is 0 Å². The standard InChI is InChI=1S/C21H21FN8O2/c1-28-19(16(11-24-28)17-10-15(32-2)3-6-23-17)20(31)25-14-5-8-30-18(9-14)26-21(27-30)29-7-4-13(22)12-29/h3,5-6,8-11,13H,4,7,12H2,1-2H3,(H,25,31). The van der Waals surface area contributed by atoms with Crippen molar-refractivity contribution < 1.29 is 13.9 Å². The summed E-state index contributed by atoms with van der Waals surface area (Å²) in [6.45, 7) is 0.880. The Kier molecular flexibility index (Phi) is 4.92. The summed E-state index contributed by atoms with van der Waals surface area (Å²) in [6.07, 6.45) is 4.54. The molecule has 164 valence electrons. The largest absolute Gasteiger partial charge is 0.497 e. The number of nitrogens with one attached hydrogen (secondary N) is 1. The van der Waals surface area contributed by atoms with Gasteiger partial charge < -0.3 is 15.0 Å². The van der Waals surface area contributed by atoms with Crippen molar-refractivity contribution in [2.45, 2.75) is 12.6 Å². The van der Waals surface area contributed by atoms with Crippen LogP contribution in [-0.2, 0) is 7.05 Å². The second-order valence-electron chi connectivity index (χ2n) is 7.53. The second-order valence-corrected chi connectivity index (χ2v) is 7.53. The number of amides is 1. The zero-order valence-corrected chi connectivity index (χ0v) is 17.6. The number of fused-ring (bicyclic) bond motifs is 1. The number of carbonyl (C=O) groups excluding carboxylic acids is 1. The minimum absolute atomic E-state index is 0.294. The molecule has 1 unspecified atom stereocenters. The molecule has 0 aromatic carbocycles. The van der Waals surface area contributed by atoms with E-state index in [9.17, 15) is 9.18 Å². The monoisotopic (exact) mass is 436 g/mol. The molecule has 0 radical (unpaired) electrons. The van der Waals surface area contributed by atoms with Crippen molar-refractivity contribution in [1.82, 2.24) is 29.4 Å². The van der Waals surface area contributed by atoms with Crippen LogP contribution in [0.4, 0.5) is 16.0 Å². The Morgan fingerprint density at radius 1 is 1.31 bits per heavy atom. The van der Waals surface area contributed by atoms with Gasteiger partial charge in [0.05, 0.1) is 31.1 Å². The van der Waals surface area contributed by atoms with Gasteiger partial charge in [0, 0.05) is 43.8 Å². The lowest BCUT2D eigenvalue weighted by Gasteiger charge is -2.10. The van der Waals surface area contributed by atoms with Crippen LogP contribution in [0.5, 0.6) is 5.75 Å². The van der Waals surface area contributed by atoms with E-state index in [1.807, 2.05) is 4.90 Å². The van der Waals surface area contributed by atoms with Gasteiger partial charge in [-0.1, -0.05) is 0 Å². The molecule has 1 fully saturated rings. The molecule has 1 amide bonds. The number of aromatic nitrogens is 6. The Balaban J connectivity index is 1.41. The first-order valence-electron chi connectivity index (χ1n) is 10.1. The van der Waals surface area contributed by atoms with Gasteiger partial charge in [-0.3, -0.25) is 14.5 Å². The van der Waals surface area contributed by atoms with Crippen molar-refractivity contribution in [3.05, 3.63) is 48.5 Å². The Morgan fingerprint density at radius 3 is 2.97 bits per heavy atom. The van der Waals surface area contributed by atoms with Crippen LogP contribution in [-0.4, -0.2) is 61.6 Å². The Labute approximate surface area is 182 Å². The summed E-state index contributed by atoms with van der Waals surface area (Å²) in [4.78, 5) is 23.7. The molecule has 5 heterocycles. The number of rotatable bonds is 5. The van der Waals surface area contributed by atoms with E-state index in [2.05, 4.69) is 25.5 Å². The molecule has 0 saturated carbocycles. The van der Waals surface area contributed by atoms with Crippen LogP contribution in [0.1, 0.15) is 16.9 Å². The topological polar surface area (TPSA) is 102 Å². The van der Waals surface area contributed by atoms with E-state index in [0.29, 0.717) is 59.5 Å². The Hall–Kier alpha value is -4.02. The van der Waals surface area contributed by atoms with E-state index < -0.39 is 6.17 Å². The van der Waals surface area contributed by atoms with Gasteiger partial charge in [0.2, 0.25) is 5.95 Å². The summed E-state index contributed by atoms with van der Waals surface area (Å²) in [5, 5.41) is 11.5. The summed E-state index contributed by atoms with van der Waals surface area (Å²) in [5.74, 6) is 0.774. The fourth-order valence-corrected chi connectivity index (χ4v) is 3.75. The van der Waals surface area contributed by atoms with E-state index in [1.54, 1.807) is 61.5 Å². The summed E-state index contributed by atoms with van der Waals surface area (Å²) >= 11 is 0. The molecule has 0 bridgehead atoms. The molecule has 11 heteroatoms. The summed E-state index contributed by atoms with van der Waals surface area (Å²) in [5.41, 5.74) is 2.64. The van der Waals surface area contributed by atoms with E-state index in [-0.39, 0.29) is 5.91 Å². The van der Waals surface area contributed by atoms with Crippen molar-refractivity contribution in [1.29, 1.82) is 0 Å². The maximum atomic E-state index is 13.5. The van der Waals surface area contributed by atoms with Gasteiger partial charge in [-0.25, -0.2) is 8.91 Å². The van der Waals surface area contributed by atoms with Crippen LogP contribution < -0.4 is 15.0 Å². The quantitative estimate of drug-likeness (QED) is 0.512. The summed E-state index contributed by atoms with van der Waals surface area (Å²) < 4.78 is 21.9. The van der Waals surface area contributed by atoms with Gasteiger partial charge in [-0.2, -0.15) is 10.1 Å². The molecule has 0 spiro atoms. The Morgan fingerprint density at radius 2 is 2.19 bits per heavy atom. The molecular weight excluding hydrogens is 415 g/mol. The third-order valence-electron chi connectivity index (χ3n) is 5.39. The van der Waals surface area contributed by atoms with Gasteiger partial charge in [-0.05, 0) is 18.6 Å². The average Bonchev–Trinajstić information content (AvgIpc) is 3.51. The second kappa shape index (κ2) is 7.91. The fourth-order valence-electron chi connectivity index (χ4n) is 3.75. The Bertz CT molecular complexity index is 1300. The number of carbonyl (C=O) groups is 1. The van der Waals surface area contributed by atoms with E-state index in [0.717, 1.165) is 0 Å². The maximum Gasteiger partial charge on any atom is 0.274 e. The number of methoxy groups -OCH3 is 1. The van der Waals surface area contributed by atoms with Gasteiger partial charge in [0.25, 0.3) is 5.91 Å². The third kappa shape index (κ3) is 3.61. The molecule has 1 aliphatic heterocycles. The summed E-state index contributed by atoms with van der Waals surface area (Å²) in [7, 11) is 3.27. The van der Waals surface area contributed by atoms with Crippen LogP contribution in [0.15, 0.2) is 42.9 Å². The first-order chi connectivity index (χ1) is 15.5. The highest BCUT2D eigenvalue weighted by Crippen LogP contribution is 2.26. The fraction of sp³-hybridized carbons (Fsp3) is 0.286. The molecule has 10 nitrogen and oxygen atoms in total. The van der Waals surface area contributed by atoms with Crippen molar-refractivity contribution in [3.8, 4) is 17.0 Å². The lowest BCUT2D eigenvalue weighted by Crippen LogP contribution is -2.21. The number of halogens is 1. The number of aryl methyl sites for hydroxylation is 1. The van der Waals surface area contributed by atoms with Gasteiger partial charge in [0.15, 0.2) is 5.65 Å². The zero-order chi connectivity index (χ0) is 22.2. The number of alkyl halides is 1. The molecule has 5 rings (SSSR count). The number of hydrogen-bond donors (Lipinski definition) is 1. The van der Waals surface area contributed by atoms with Crippen LogP contribution in [0.2, 0.25) is 0 Å². The lowest BCUT2D eigenvalue weighted by molar-refractivity contribution is 0.101. The van der Waals surface area contributed by atoms with Crippen LogP contribution in [0.3, 0.4) is 0 Å². The molecule has 1 aliphatic rings. The third-order valence-corrected chi connectivity index (χ3v) is 5.39. The highest BCUT2D eigenvalue weighted by molar-refractivity contribution is 6.07. The molecular formula is C21H21FN8O2. The highest BCUT2D eigenvalue weighted by atomic mass is 19.1. The van der Waals surface area contributed by atoms with Crippen molar-refractivity contribution in [3.63, 3.8) is 0 Å². The average molecular weight is 436 g/mol. The molecule has 1 saturated heterocycles. The normalized spacial score (nSPS) is 16.0. The lowest BCUT2D eigenvalue weighted by atomic mass is 10.1. The number of ether oxygens (including phenoxy) is 1. The van der Waals surface area contributed by atoms with Gasteiger partial charge >= 0.3 is 0 Å². The SMILES string of the molecule is COc1ccnc(-c2cnn(C)c2C(=O)Nc2ccn3nc(N4CCC(F)C4)nc3c2)c1. The van der Waals surface area contributed by atoms with E-state index in [4.69, 9.17) is 4.74 Å². The number of hydrogen-bond acceptors (Lipinski definition) is 7. The van der Waals surface area contributed by atoms with E-state index >= 15 is 0 Å². The molecule has 4 aromatic heterocycles.